The third kappa shape index (κ3) is 3.03. The molecule has 0 spiro atoms. The SMILES string of the molecule is C[C@H](NC(=O)Cn1cnc2c1c(=O)n(C)c(=O)n2C)c1ccccc1Cl. The molecule has 0 saturated carbocycles. The number of hydrogen-bond donors (Lipinski definition) is 1. The standard InChI is InChI=1S/C17H18ClN5O3/c1-10(11-6-4-5-7-12(11)18)20-13(24)8-23-9-19-15-14(23)16(25)22(3)17(26)21(15)2/h4-7,9-10H,8H2,1-3H3,(H,20,24)/t10-/m0/s1. The van der Waals surface area contributed by atoms with Gasteiger partial charge in [-0.05, 0) is 18.6 Å². The molecule has 26 heavy (non-hydrogen) atoms. The summed E-state index contributed by atoms with van der Waals surface area (Å²) >= 11 is 6.15. The van der Waals surface area contributed by atoms with Crippen LogP contribution in [-0.2, 0) is 25.4 Å². The van der Waals surface area contributed by atoms with Gasteiger partial charge in [0.2, 0.25) is 5.91 Å². The van der Waals surface area contributed by atoms with Gasteiger partial charge in [0.1, 0.15) is 6.54 Å². The van der Waals surface area contributed by atoms with Crippen molar-refractivity contribution in [1.29, 1.82) is 0 Å². The molecule has 8 nitrogen and oxygen atoms in total. The first kappa shape index (κ1) is 17.9. The highest BCUT2D eigenvalue weighted by molar-refractivity contribution is 6.31. The molecule has 136 valence electrons. The van der Waals surface area contributed by atoms with Crippen LogP contribution in [0.4, 0.5) is 0 Å². The molecule has 3 rings (SSSR count). The molecule has 1 N–H and O–H groups in total. The van der Waals surface area contributed by atoms with Gasteiger partial charge >= 0.3 is 5.69 Å². The van der Waals surface area contributed by atoms with Crippen LogP contribution in [0.1, 0.15) is 18.5 Å². The Hall–Kier alpha value is -2.87. The molecular weight excluding hydrogens is 358 g/mol. The topological polar surface area (TPSA) is 90.9 Å². The Bertz CT molecular complexity index is 1110. The number of amides is 1. The van der Waals surface area contributed by atoms with E-state index in [4.69, 9.17) is 11.6 Å². The van der Waals surface area contributed by atoms with Gasteiger partial charge in [0.25, 0.3) is 5.56 Å². The highest BCUT2D eigenvalue weighted by Gasteiger charge is 2.17. The number of carbonyl (C=O) groups excluding carboxylic acids is 1. The van der Waals surface area contributed by atoms with Crippen LogP contribution in [0.5, 0.6) is 0 Å². The summed E-state index contributed by atoms with van der Waals surface area (Å²) in [6.07, 6.45) is 1.38. The number of aromatic nitrogens is 4. The fourth-order valence-corrected chi connectivity index (χ4v) is 3.16. The lowest BCUT2D eigenvalue weighted by molar-refractivity contribution is -0.122. The second kappa shape index (κ2) is 6.80. The van der Waals surface area contributed by atoms with E-state index in [9.17, 15) is 14.4 Å². The number of aryl methyl sites for hydroxylation is 1. The van der Waals surface area contributed by atoms with Gasteiger partial charge in [0, 0.05) is 19.1 Å². The lowest BCUT2D eigenvalue weighted by atomic mass is 10.1. The van der Waals surface area contributed by atoms with E-state index in [0.29, 0.717) is 5.02 Å². The van der Waals surface area contributed by atoms with E-state index in [0.717, 1.165) is 10.1 Å². The largest absolute Gasteiger partial charge is 0.348 e. The van der Waals surface area contributed by atoms with Crippen LogP contribution in [0.15, 0.2) is 40.2 Å². The first-order valence-electron chi connectivity index (χ1n) is 7.96. The summed E-state index contributed by atoms with van der Waals surface area (Å²) in [4.78, 5) is 40.9. The number of rotatable bonds is 4. The third-order valence-electron chi connectivity index (χ3n) is 4.28. The van der Waals surface area contributed by atoms with Crippen molar-refractivity contribution in [2.75, 3.05) is 0 Å². The predicted molar refractivity (Wildman–Crippen MR) is 98.2 cm³/mol. The van der Waals surface area contributed by atoms with E-state index in [1.165, 1.54) is 29.6 Å². The normalized spacial score (nSPS) is 12.3. The van der Waals surface area contributed by atoms with Crippen molar-refractivity contribution in [3.8, 4) is 0 Å². The van der Waals surface area contributed by atoms with Crippen molar-refractivity contribution in [2.24, 2.45) is 14.1 Å². The molecule has 1 aromatic carbocycles. The van der Waals surface area contributed by atoms with Gasteiger partial charge in [-0.3, -0.25) is 18.7 Å². The Labute approximate surface area is 153 Å². The number of halogens is 1. The van der Waals surface area contributed by atoms with Crippen molar-refractivity contribution in [3.63, 3.8) is 0 Å². The molecule has 0 radical (unpaired) electrons. The van der Waals surface area contributed by atoms with Crippen molar-refractivity contribution in [3.05, 3.63) is 62.0 Å². The molecule has 0 aliphatic heterocycles. The van der Waals surface area contributed by atoms with Gasteiger partial charge in [-0.25, -0.2) is 9.78 Å². The number of nitrogens with zero attached hydrogens (tertiary/aromatic N) is 4. The van der Waals surface area contributed by atoms with Crippen molar-refractivity contribution in [2.45, 2.75) is 19.5 Å². The van der Waals surface area contributed by atoms with Crippen LogP contribution in [0.25, 0.3) is 11.2 Å². The summed E-state index contributed by atoms with van der Waals surface area (Å²) in [5.74, 6) is -0.298. The maximum Gasteiger partial charge on any atom is 0.332 e. The Kier molecular flexibility index (Phi) is 4.69. The first-order valence-corrected chi connectivity index (χ1v) is 8.33. The van der Waals surface area contributed by atoms with Crippen LogP contribution < -0.4 is 16.6 Å². The molecule has 0 aliphatic carbocycles. The van der Waals surface area contributed by atoms with Crippen LogP contribution >= 0.6 is 11.6 Å². The molecule has 3 aromatic rings. The van der Waals surface area contributed by atoms with Crippen molar-refractivity contribution < 1.29 is 4.79 Å². The Morgan fingerprint density at radius 3 is 2.62 bits per heavy atom. The molecule has 2 aromatic heterocycles. The lowest BCUT2D eigenvalue weighted by Gasteiger charge is -2.16. The fourth-order valence-electron chi connectivity index (χ4n) is 2.86. The monoisotopic (exact) mass is 375 g/mol. The number of nitrogens with one attached hydrogen (secondary N) is 1. The number of imidazole rings is 1. The molecule has 0 aliphatic rings. The zero-order valence-electron chi connectivity index (χ0n) is 14.6. The van der Waals surface area contributed by atoms with E-state index >= 15 is 0 Å². The van der Waals surface area contributed by atoms with Gasteiger partial charge < -0.3 is 9.88 Å². The van der Waals surface area contributed by atoms with E-state index in [1.807, 2.05) is 25.1 Å². The zero-order chi connectivity index (χ0) is 19.0. The van der Waals surface area contributed by atoms with Crippen LogP contribution in [0.2, 0.25) is 5.02 Å². The highest BCUT2D eigenvalue weighted by Crippen LogP contribution is 2.22. The van der Waals surface area contributed by atoms with E-state index < -0.39 is 11.2 Å². The van der Waals surface area contributed by atoms with E-state index in [-0.39, 0.29) is 29.7 Å². The smallest absolute Gasteiger partial charge is 0.332 e. The first-order chi connectivity index (χ1) is 12.3. The number of hydrogen-bond acceptors (Lipinski definition) is 4. The fraction of sp³-hybridized carbons (Fsp3) is 0.294. The predicted octanol–water partition coefficient (Wildman–Crippen LogP) is 0.965. The van der Waals surface area contributed by atoms with Crippen LogP contribution in [0, 0.1) is 0 Å². The summed E-state index contributed by atoms with van der Waals surface area (Å²) in [6.45, 7) is 1.73. The lowest BCUT2D eigenvalue weighted by Crippen LogP contribution is -2.38. The summed E-state index contributed by atoms with van der Waals surface area (Å²) in [6, 6.07) is 6.96. The molecule has 0 fully saturated rings. The van der Waals surface area contributed by atoms with E-state index in [2.05, 4.69) is 10.3 Å². The van der Waals surface area contributed by atoms with E-state index in [1.54, 1.807) is 6.07 Å². The van der Waals surface area contributed by atoms with Crippen LogP contribution in [0.3, 0.4) is 0 Å². The third-order valence-corrected chi connectivity index (χ3v) is 4.62. The molecule has 0 bridgehead atoms. The van der Waals surface area contributed by atoms with Gasteiger partial charge in [0.05, 0.1) is 12.4 Å². The summed E-state index contributed by atoms with van der Waals surface area (Å²) < 4.78 is 3.70. The van der Waals surface area contributed by atoms with Gasteiger partial charge in [-0.15, -0.1) is 0 Å². The second-order valence-corrected chi connectivity index (χ2v) is 6.47. The minimum Gasteiger partial charge on any atom is -0.348 e. The highest BCUT2D eigenvalue weighted by atomic mass is 35.5. The van der Waals surface area contributed by atoms with Gasteiger partial charge in [-0.2, -0.15) is 0 Å². The number of benzene rings is 1. The molecule has 0 saturated heterocycles. The van der Waals surface area contributed by atoms with Crippen molar-refractivity contribution in [1.82, 2.24) is 24.0 Å². The summed E-state index contributed by atoms with van der Waals surface area (Å²) in [7, 11) is 2.92. The molecule has 2 heterocycles. The van der Waals surface area contributed by atoms with Crippen molar-refractivity contribution >= 4 is 28.7 Å². The number of fused-ring (bicyclic) bond motifs is 1. The Balaban J connectivity index is 1.88. The minimum absolute atomic E-state index is 0.0985. The molecule has 0 unspecified atom stereocenters. The Morgan fingerprint density at radius 1 is 1.23 bits per heavy atom. The molecule has 1 amide bonds. The zero-order valence-corrected chi connectivity index (χ0v) is 15.3. The van der Waals surface area contributed by atoms with Crippen LogP contribution in [-0.4, -0.2) is 24.6 Å². The summed E-state index contributed by atoms with van der Waals surface area (Å²) in [5, 5.41) is 3.42. The average molecular weight is 376 g/mol. The minimum atomic E-state index is -0.493. The number of carbonyl (C=O) groups is 1. The molecular formula is C17H18ClN5O3. The average Bonchev–Trinajstić information content (AvgIpc) is 3.01. The second-order valence-electron chi connectivity index (χ2n) is 6.06. The van der Waals surface area contributed by atoms with Gasteiger partial charge in [-0.1, -0.05) is 29.8 Å². The maximum atomic E-state index is 12.4. The maximum absolute atomic E-state index is 12.4. The quantitative estimate of drug-likeness (QED) is 0.735. The van der Waals surface area contributed by atoms with Gasteiger partial charge in [0.15, 0.2) is 11.2 Å². The Morgan fingerprint density at radius 2 is 1.92 bits per heavy atom. The molecule has 1 atom stereocenters. The summed E-state index contributed by atoms with van der Waals surface area (Å²) in [5.41, 5.74) is 0.286. The molecule has 9 heteroatoms.